The largest absolute Gasteiger partial charge is 0.480 e. The monoisotopic (exact) mass is 418 g/mol. The van der Waals surface area contributed by atoms with E-state index in [1.165, 1.54) is 16.4 Å². The first-order valence-corrected chi connectivity index (χ1v) is 10.9. The average Bonchev–Trinajstić information content (AvgIpc) is 2.71. The van der Waals surface area contributed by atoms with Crippen LogP contribution in [0.1, 0.15) is 18.1 Å². The van der Waals surface area contributed by atoms with Crippen molar-refractivity contribution in [2.75, 3.05) is 31.6 Å². The summed E-state index contributed by atoms with van der Waals surface area (Å²) in [5, 5.41) is 2.77. The van der Waals surface area contributed by atoms with Crippen molar-refractivity contribution in [1.29, 1.82) is 0 Å². The van der Waals surface area contributed by atoms with Crippen LogP contribution in [0.15, 0.2) is 47.4 Å². The van der Waals surface area contributed by atoms with Crippen molar-refractivity contribution < 1.29 is 22.7 Å². The van der Waals surface area contributed by atoms with E-state index in [1.54, 1.807) is 19.1 Å². The lowest BCUT2D eigenvalue weighted by atomic mass is 10.1. The molecule has 0 aliphatic carbocycles. The molecule has 1 amide bonds. The molecule has 1 fully saturated rings. The van der Waals surface area contributed by atoms with Crippen molar-refractivity contribution in [3.8, 4) is 5.75 Å². The standard InChI is InChI=1S/C21H26N2O5S/c1-15-5-4-6-16(2)20(15)28-17(3)21(24)22-18-7-9-19(10-8-18)29(25,26)23-11-13-27-14-12-23/h4-10,17H,11-14H2,1-3H3,(H,22,24)/t17-/m1/s1. The van der Waals surface area contributed by atoms with Gasteiger partial charge in [0.05, 0.1) is 18.1 Å². The fourth-order valence-electron chi connectivity index (χ4n) is 3.11. The number of benzene rings is 2. The number of amides is 1. The molecular weight excluding hydrogens is 392 g/mol. The molecule has 7 nitrogen and oxygen atoms in total. The van der Waals surface area contributed by atoms with E-state index < -0.39 is 16.1 Å². The topological polar surface area (TPSA) is 84.9 Å². The van der Waals surface area contributed by atoms with Gasteiger partial charge in [-0.2, -0.15) is 4.31 Å². The van der Waals surface area contributed by atoms with Gasteiger partial charge in [0.25, 0.3) is 5.91 Å². The van der Waals surface area contributed by atoms with Crippen LogP contribution in [0.5, 0.6) is 5.75 Å². The van der Waals surface area contributed by atoms with Gasteiger partial charge >= 0.3 is 0 Å². The third-order valence-corrected chi connectivity index (χ3v) is 6.72. The highest BCUT2D eigenvalue weighted by Crippen LogP contribution is 2.24. The zero-order chi connectivity index (χ0) is 21.0. The van der Waals surface area contributed by atoms with Crippen LogP contribution in [0, 0.1) is 13.8 Å². The van der Waals surface area contributed by atoms with Crippen molar-refractivity contribution >= 4 is 21.6 Å². The first-order chi connectivity index (χ1) is 13.8. The third-order valence-electron chi connectivity index (χ3n) is 4.80. The molecule has 1 N–H and O–H groups in total. The number of carbonyl (C=O) groups is 1. The molecule has 2 aromatic carbocycles. The maximum Gasteiger partial charge on any atom is 0.265 e. The van der Waals surface area contributed by atoms with E-state index in [0.717, 1.165) is 11.1 Å². The number of anilines is 1. The highest BCUT2D eigenvalue weighted by molar-refractivity contribution is 7.89. The van der Waals surface area contributed by atoms with Crippen LogP contribution >= 0.6 is 0 Å². The number of nitrogens with zero attached hydrogens (tertiary/aromatic N) is 1. The maximum atomic E-state index is 12.7. The lowest BCUT2D eigenvalue weighted by Gasteiger charge is -2.26. The summed E-state index contributed by atoms with van der Waals surface area (Å²) in [5.41, 5.74) is 2.43. The van der Waals surface area contributed by atoms with E-state index in [1.807, 2.05) is 32.0 Å². The summed E-state index contributed by atoms with van der Waals surface area (Å²) < 4.78 is 37.8. The molecule has 8 heteroatoms. The van der Waals surface area contributed by atoms with Crippen LogP contribution < -0.4 is 10.1 Å². The van der Waals surface area contributed by atoms with E-state index in [-0.39, 0.29) is 10.8 Å². The molecule has 1 saturated heterocycles. The molecule has 3 rings (SSSR count). The van der Waals surface area contributed by atoms with Gasteiger partial charge in [0.2, 0.25) is 10.0 Å². The summed E-state index contributed by atoms with van der Waals surface area (Å²) in [4.78, 5) is 12.7. The lowest BCUT2D eigenvalue weighted by molar-refractivity contribution is -0.122. The SMILES string of the molecule is Cc1cccc(C)c1O[C@H](C)C(=O)Nc1ccc(S(=O)(=O)N2CCOCC2)cc1. The average molecular weight is 419 g/mol. The minimum atomic E-state index is -3.56. The lowest BCUT2D eigenvalue weighted by Crippen LogP contribution is -2.40. The van der Waals surface area contributed by atoms with Crippen molar-refractivity contribution in [2.24, 2.45) is 0 Å². The number of hydrogen-bond donors (Lipinski definition) is 1. The summed E-state index contributed by atoms with van der Waals surface area (Å²) in [6, 6.07) is 12.0. The second kappa shape index (κ2) is 8.94. The van der Waals surface area contributed by atoms with Crippen molar-refractivity contribution in [2.45, 2.75) is 31.8 Å². The van der Waals surface area contributed by atoms with Gasteiger partial charge in [-0.15, -0.1) is 0 Å². The number of nitrogens with one attached hydrogen (secondary N) is 1. The van der Waals surface area contributed by atoms with Crippen LogP contribution in [0.25, 0.3) is 0 Å². The maximum absolute atomic E-state index is 12.7. The Morgan fingerprint density at radius 3 is 2.24 bits per heavy atom. The Hall–Kier alpha value is -2.42. The van der Waals surface area contributed by atoms with Crippen molar-refractivity contribution in [1.82, 2.24) is 4.31 Å². The van der Waals surface area contributed by atoms with Gasteiger partial charge in [0, 0.05) is 18.8 Å². The van der Waals surface area contributed by atoms with Gasteiger partial charge in [-0.1, -0.05) is 18.2 Å². The normalized spacial score (nSPS) is 16.2. The highest BCUT2D eigenvalue weighted by Gasteiger charge is 2.26. The fourth-order valence-corrected chi connectivity index (χ4v) is 4.51. The van der Waals surface area contributed by atoms with E-state index in [9.17, 15) is 13.2 Å². The first-order valence-electron chi connectivity index (χ1n) is 9.51. The van der Waals surface area contributed by atoms with Gasteiger partial charge in [-0.25, -0.2) is 8.42 Å². The minimum absolute atomic E-state index is 0.192. The zero-order valence-electron chi connectivity index (χ0n) is 16.8. The summed E-state index contributed by atoms with van der Waals surface area (Å²) >= 11 is 0. The summed E-state index contributed by atoms with van der Waals surface area (Å²) in [5.74, 6) is 0.388. The fraction of sp³-hybridized carbons (Fsp3) is 0.381. The van der Waals surface area contributed by atoms with Crippen LogP contribution in [-0.4, -0.2) is 51.0 Å². The van der Waals surface area contributed by atoms with Gasteiger partial charge in [-0.3, -0.25) is 4.79 Å². The Balaban J connectivity index is 1.65. The third kappa shape index (κ3) is 4.95. The Kier molecular flexibility index (Phi) is 6.56. The molecule has 2 aromatic rings. The molecule has 0 bridgehead atoms. The van der Waals surface area contributed by atoms with Gasteiger partial charge in [0.1, 0.15) is 5.75 Å². The number of ether oxygens (including phenoxy) is 2. The molecule has 156 valence electrons. The molecule has 29 heavy (non-hydrogen) atoms. The summed E-state index contributed by atoms with van der Waals surface area (Å²) in [6.07, 6.45) is -0.702. The van der Waals surface area contributed by atoms with Crippen LogP contribution in [-0.2, 0) is 19.6 Å². The Bertz CT molecular complexity index is 947. The first kappa shape index (κ1) is 21.3. The van der Waals surface area contributed by atoms with E-state index in [4.69, 9.17) is 9.47 Å². The molecule has 0 spiro atoms. The minimum Gasteiger partial charge on any atom is -0.480 e. The Morgan fingerprint density at radius 1 is 1.07 bits per heavy atom. The number of hydrogen-bond acceptors (Lipinski definition) is 5. The number of aryl methyl sites for hydroxylation is 2. The molecule has 0 radical (unpaired) electrons. The smallest absolute Gasteiger partial charge is 0.265 e. The van der Waals surface area contributed by atoms with Gasteiger partial charge < -0.3 is 14.8 Å². The molecule has 1 heterocycles. The van der Waals surface area contributed by atoms with Crippen molar-refractivity contribution in [3.63, 3.8) is 0 Å². The second-order valence-corrected chi connectivity index (χ2v) is 8.95. The van der Waals surface area contributed by atoms with Crippen LogP contribution in [0.3, 0.4) is 0 Å². The van der Waals surface area contributed by atoms with Crippen LogP contribution in [0.2, 0.25) is 0 Å². The van der Waals surface area contributed by atoms with Gasteiger partial charge in [0.15, 0.2) is 6.10 Å². The molecule has 1 atom stereocenters. The van der Waals surface area contributed by atoms with E-state index >= 15 is 0 Å². The number of morpholine rings is 1. The molecule has 1 aliphatic rings. The highest BCUT2D eigenvalue weighted by atomic mass is 32.2. The molecule has 0 aromatic heterocycles. The summed E-state index contributed by atoms with van der Waals surface area (Å²) in [7, 11) is -3.56. The number of carbonyl (C=O) groups excluding carboxylic acids is 1. The molecule has 0 unspecified atom stereocenters. The summed E-state index contributed by atoms with van der Waals surface area (Å²) in [6.45, 7) is 7.01. The molecule has 0 saturated carbocycles. The van der Waals surface area contributed by atoms with E-state index in [0.29, 0.717) is 37.7 Å². The quantitative estimate of drug-likeness (QED) is 0.780. The number of rotatable bonds is 6. The Morgan fingerprint density at radius 2 is 1.66 bits per heavy atom. The Labute approximate surface area is 171 Å². The van der Waals surface area contributed by atoms with E-state index in [2.05, 4.69) is 5.32 Å². The van der Waals surface area contributed by atoms with Crippen molar-refractivity contribution in [3.05, 3.63) is 53.6 Å². The predicted molar refractivity (Wildman–Crippen MR) is 111 cm³/mol. The second-order valence-electron chi connectivity index (χ2n) is 7.01. The van der Waals surface area contributed by atoms with Crippen LogP contribution in [0.4, 0.5) is 5.69 Å². The molecule has 1 aliphatic heterocycles. The predicted octanol–water partition coefficient (Wildman–Crippen LogP) is 2.73. The molecular formula is C21H26N2O5S. The van der Waals surface area contributed by atoms with Gasteiger partial charge in [-0.05, 0) is 56.2 Å². The number of para-hydroxylation sites is 1. The number of sulfonamides is 1. The zero-order valence-corrected chi connectivity index (χ0v) is 17.7.